The third-order valence-corrected chi connectivity index (χ3v) is 2.69. The molecule has 1 aromatic heterocycles. The molecular formula is C12H16BrClN2O2. The third kappa shape index (κ3) is 5.23. The van der Waals surface area contributed by atoms with Crippen LogP contribution in [0.5, 0.6) is 0 Å². The summed E-state index contributed by atoms with van der Waals surface area (Å²) in [5, 5.41) is 2.65. The van der Waals surface area contributed by atoms with E-state index in [2.05, 4.69) is 26.2 Å². The number of rotatable bonds is 3. The van der Waals surface area contributed by atoms with Gasteiger partial charge >= 0.3 is 6.09 Å². The van der Waals surface area contributed by atoms with Crippen molar-refractivity contribution in [3.05, 3.63) is 28.0 Å². The zero-order valence-corrected chi connectivity index (χ0v) is 12.9. The fourth-order valence-electron chi connectivity index (χ4n) is 1.25. The molecule has 0 fully saturated rings. The third-order valence-electron chi connectivity index (χ3n) is 1.97. The highest BCUT2D eigenvalue weighted by atomic mass is 79.9. The van der Waals surface area contributed by atoms with Crippen molar-refractivity contribution in [1.29, 1.82) is 0 Å². The SMILES string of the molecule is CC(C)(C)OC(=O)NCc1ncc(Br)cc1CCl. The van der Waals surface area contributed by atoms with Crippen molar-refractivity contribution in [1.82, 2.24) is 10.3 Å². The van der Waals surface area contributed by atoms with E-state index in [1.807, 2.05) is 26.8 Å². The summed E-state index contributed by atoms with van der Waals surface area (Å²) < 4.78 is 6.00. The molecule has 6 heteroatoms. The Kier molecular flexibility index (Phi) is 5.41. The van der Waals surface area contributed by atoms with E-state index in [4.69, 9.17) is 16.3 Å². The van der Waals surface area contributed by atoms with Gasteiger partial charge < -0.3 is 10.1 Å². The quantitative estimate of drug-likeness (QED) is 0.859. The summed E-state index contributed by atoms with van der Waals surface area (Å²) in [4.78, 5) is 15.7. The van der Waals surface area contributed by atoms with E-state index < -0.39 is 11.7 Å². The summed E-state index contributed by atoms with van der Waals surface area (Å²) >= 11 is 9.14. The molecule has 0 aliphatic rings. The molecule has 0 bridgehead atoms. The van der Waals surface area contributed by atoms with Gasteiger partial charge in [0.2, 0.25) is 0 Å². The minimum atomic E-state index is -0.507. The normalized spacial score (nSPS) is 11.2. The minimum Gasteiger partial charge on any atom is -0.444 e. The predicted molar refractivity (Wildman–Crippen MR) is 74.6 cm³/mol. The van der Waals surface area contributed by atoms with Gasteiger partial charge in [-0.3, -0.25) is 4.98 Å². The Balaban J connectivity index is 2.61. The van der Waals surface area contributed by atoms with Crippen LogP contribution in [-0.4, -0.2) is 16.7 Å². The molecule has 1 N–H and O–H groups in total. The average molecular weight is 336 g/mol. The number of hydrogen-bond acceptors (Lipinski definition) is 3. The van der Waals surface area contributed by atoms with Gasteiger partial charge in [0.15, 0.2) is 0 Å². The van der Waals surface area contributed by atoms with Crippen LogP contribution in [-0.2, 0) is 17.2 Å². The molecule has 0 atom stereocenters. The molecule has 0 aliphatic heterocycles. The van der Waals surface area contributed by atoms with E-state index in [-0.39, 0.29) is 0 Å². The van der Waals surface area contributed by atoms with Gasteiger partial charge in [-0.25, -0.2) is 4.79 Å². The lowest BCUT2D eigenvalue weighted by atomic mass is 10.2. The van der Waals surface area contributed by atoms with Crippen LogP contribution < -0.4 is 5.32 Å². The number of carbonyl (C=O) groups excluding carboxylic acids is 1. The number of carbonyl (C=O) groups is 1. The molecule has 0 radical (unpaired) electrons. The number of alkyl halides is 1. The fraction of sp³-hybridized carbons (Fsp3) is 0.500. The summed E-state index contributed by atoms with van der Waals surface area (Å²) in [5.41, 5.74) is 1.10. The topological polar surface area (TPSA) is 51.2 Å². The number of nitrogens with one attached hydrogen (secondary N) is 1. The lowest BCUT2D eigenvalue weighted by molar-refractivity contribution is 0.0523. The molecule has 0 saturated heterocycles. The van der Waals surface area contributed by atoms with E-state index in [1.165, 1.54) is 0 Å². The van der Waals surface area contributed by atoms with Crippen molar-refractivity contribution >= 4 is 33.6 Å². The first kappa shape index (κ1) is 15.2. The van der Waals surface area contributed by atoms with Crippen LogP contribution in [0.3, 0.4) is 0 Å². The average Bonchev–Trinajstić information content (AvgIpc) is 2.24. The minimum absolute atomic E-state index is 0.296. The molecule has 1 rings (SSSR count). The first-order valence-corrected chi connectivity index (χ1v) is 6.80. The van der Waals surface area contributed by atoms with Crippen LogP contribution >= 0.6 is 27.5 Å². The van der Waals surface area contributed by atoms with Gasteiger partial charge in [0.1, 0.15) is 5.60 Å². The summed E-state index contributed by atoms with van der Waals surface area (Å²) in [6, 6.07) is 1.88. The number of halogens is 2. The van der Waals surface area contributed by atoms with Crippen LogP contribution in [0.15, 0.2) is 16.7 Å². The van der Waals surface area contributed by atoms with E-state index in [0.717, 1.165) is 15.7 Å². The summed E-state index contributed by atoms with van der Waals surface area (Å²) in [5.74, 6) is 0.345. The Morgan fingerprint density at radius 2 is 2.22 bits per heavy atom. The second kappa shape index (κ2) is 6.38. The standard InChI is InChI=1S/C12H16BrClN2O2/c1-12(2,3)18-11(17)16-7-10-8(5-14)4-9(13)6-15-10/h4,6H,5,7H2,1-3H3,(H,16,17). The number of aromatic nitrogens is 1. The van der Waals surface area contributed by atoms with Crippen LogP contribution in [0.25, 0.3) is 0 Å². The maximum atomic E-state index is 11.5. The number of ether oxygens (including phenoxy) is 1. The highest BCUT2D eigenvalue weighted by Crippen LogP contribution is 2.16. The van der Waals surface area contributed by atoms with Gasteiger partial charge in [-0.05, 0) is 48.3 Å². The van der Waals surface area contributed by atoms with Crippen molar-refractivity contribution in [2.75, 3.05) is 0 Å². The summed E-state index contributed by atoms with van der Waals surface area (Å²) in [6.45, 7) is 5.74. The largest absolute Gasteiger partial charge is 0.444 e. The maximum absolute atomic E-state index is 11.5. The maximum Gasteiger partial charge on any atom is 0.407 e. The first-order chi connectivity index (χ1) is 8.31. The van der Waals surface area contributed by atoms with Gasteiger partial charge in [-0.15, -0.1) is 11.6 Å². The van der Waals surface area contributed by atoms with Gasteiger partial charge in [-0.1, -0.05) is 0 Å². The van der Waals surface area contributed by atoms with Gasteiger partial charge in [-0.2, -0.15) is 0 Å². The molecule has 0 aromatic carbocycles. The van der Waals surface area contributed by atoms with Crippen LogP contribution in [0.2, 0.25) is 0 Å². The number of nitrogens with zero attached hydrogens (tertiary/aromatic N) is 1. The number of amides is 1. The highest BCUT2D eigenvalue weighted by Gasteiger charge is 2.16. The van der Waals surface area contributed by atoms with Crippen molar-refractivity contribution in [2.24, 2.45) is 0 Å². The Morgan fingerprint density at radius 1 is 1.56 bits per heavy atom. The molecule has 1 heterocycles. The lowest BCUT2D eigenvalue weighted by Crippen LogP contribution is -2.32. The molecule has 0 spiro atoms. The highest BCUT2D eigenvalue weighted by molar-refractivity contribution is 9.10. The van der Waals surface area contributed by atoms with Crippen molar-refractivity contribution < 1.29 is 9.53 Å². The number of pyridine rings is 1. The van der Waals surface area contributed by atoms with Crippen LogP contribution in [0.4, 0.5) is 4.79 Å². The van der Waals surface area contributed by atoms with Crippen LogP contribution in [0, 0.1) is 0 Å². The van der Waals surface area contributed by atoms with Gasteiger partial charge in [0.25, 0.3) is 0 Å². The second-order valence-electron chi connectivity index (χ2n) is 4.75. The van der Waals surface area contributed by atoms with E-state index >= 15 is 0 Å². The van der Waals surface area contributed by atoms with Crippen molar-refractivity contribution in [2.45, 2.75) is 38.8 Å². The molecule has 100 valence electrons. The molecular weight excluding hydrogens is 320 g/mol. The molecule has 1 amide bonds. The van der Waals surface area contributed by atoms with Gasteiger partial charge in [0, 0.05) is 16.5 Å². The Morgan fingerprint density at radius 3 is 2.78 bits per heavy atom. The van der Waals surface area contributed by atoms with E-state index in [1.54, 1.807) is 6.20 Å². The van der Waals surface area contributed by atoms with E-state index in [0.29, 0.717) is 12.4 Å². The molecule has 0 saturated carbocycles. The van der Waals surface area contributed by atoms with Crippen LogP contribution in [0.1, 0.15) is 32.0 Å². The summed E-state index contributed by atoms with van der Waals surface area (Å²) in [6.07, 6.45) is 1.20. The predicted octanol–water partition coefficient (Wildman–Crippen LogP) is 3.61. The molecule has 4 nitrogen and oxygen atoms in total. The zero-order valence-electron chi connectivity index (χ0n) is 10.6. The second-order valence-corrected chi connectivity index (χ2v) is 5.93. The van der Waals surface area contributed by atoms with Crippen molar-refractivity contribution in [3.63, 3.8) is 0 Å². The Bertz CT molecular complexity index is 433. The smallest absolute Gasteiger partial charge is 0.407 e. The molecule has 18 heavy (non-hydrogen) atoms. The Labute approximate surface area is 120 Å². The van der Waals surface area contributed by atoms with E-state index in [9.17, 15) is 4.79 Å². The van der Waals surface area contributed by atoms with Crippen molar-refractivity contribution in [3.8, 4) is 0 Å². The molecule has 0 aliphatic carbocycles. The Hall–Kier alpha value is -0.810. The summed E-state index contributed by atoms with van der Waals surface area (Å²) in [7, 11) is 0. The number of hydrogen-bond donors (Lipinski definition) is 1. The molecule has 0 unspecified atom stereocenters. The number of alkyl carbamates (subject to hydrolysis) is 1. The monoisotopic (exact) mass is 334 g/mol. The molecule has 1 aromatic rings. The van der Waals surface area contributed by atoms with Gasteiger partial charge in [0.05, 0.1) is 12.2 Å². The first-order valence-electron chi connectivity index (χ1n) is 5.48. The fourth-order valence-corrected chi connectivity index (χ4v) is 1.86. The lowest BCUT2D eigenvalue weighted by Gasteiger charge is -2.19. The zero-order chi connectivity index (χ0) is 13.8.